The second-order valence-electron chi connectivity index (χ2n) is 11.0. The van der Waals surface area contributed by atoms with Gasteiger partial charge in [0, 0.05) is 27.3 Å². The first-order valence-electron chi connectivity index (χ1n) is 14.5. The number of furan rings is 1. The number of rotatable bonds is 4. The molecule has 0 saturated heterocycles. The molecule has 0 saturated carbocycles. The van der Waals surface area contributed by atoms with Crippen molar-refractivity contribution >= 4 is 32.7 Å². The van der Waals surface area contributed by atoms with Crippen molar-refractivity contribution in [3.63, 3.8) is 0 Å². The summed E-state index contributed by atoms with van der Waals surface area (Å²) >= 11 is 0. The van der Waals surface area contributed by atoms with E-state index in [0.29, 0.717) is 17.5 Å². The highest BCUT2D eigenvalue weighted by atomic mass is 16.3. The molecule has 0 fully saturated rings. The number of fused-ring (bicyclic) bond motifs is 5. The van der Waals surface area contributed by atoms with Crippen LogP contribution in [0, 0.1) is 13.8 Å². The Labute approximate surface area is 249 Å². The van der Waals surface area contributed by atoms with Crippen LogP contribution in [0.1, 0.15) is 11.1 Å². The number of nitrogens with zero attached hydrogens (tertiary/aromatic N) is 3. The van der Waals surface area contributed by atoms with Crippen molar-refractivity contribution in [3.05, 3.63) is 139 Å². The van der Waals surface area contributed by atoms with Gasteiger partial charge in [-0.25, -0.2) is 15.0 Å². The lowest BCUT2D eigenvalue weighted by Gasteiger charge is -2.11. The summed E-state index contributed by atoms with van der Waals surface area (Å²) in [4.78, 5) is 15.0. The van der Waals surface area contributed by atoms with Gasteiger partial charge in [0.25, 0.3) is 0 Å². The molecule has 0 N–H and O–H groups in total. The molecule has 43 heavy (non-hydrogen) atoms. The van der Waals surface area contributed by atoms with Gasteiger partial charge in [0.1, 0.15) is 11.2 Å². The third-order valence-electron chi connectivity index (χ3n) is 8.09. The number of aryl methyl sites for hydroxylation is 2. The second kappa shape index (κ2) is 10.0. The normalized spacial score (nSPS) is 11.5. The van der Waals surface area contributed by atoms with Crippen molar-refractivity contribution in [2.75, 3.05) is 0 Å². The van der Waals surface area contributed by atoms with Crippen LogP contribution in [0.2, 0.25) is 0 Å². The Morgan fingerprint density at radius 3 is 1.67 bits per heavy atom. The molecule has 0 amide bonds. The van der Waals surface area contributed by atoms with Crippen molar-refractivity contribution in [2.45, 2.75) is 13.8 Å². The van der Waals surface area contributed by atoms with E-state index in [0.717, 1.165) is 60.5 Å². The van der Waals surface area contributed by atoms with Crippen LogP contribution in [-0.2, 0) is 0 Å². The Kier molecular flexibility index (Phi) is 5.86. The summed E-state index contributed by atoms with van der Waals surface area (Å²) < 4.78 is 6.84. The van der Waals surface area contributed by atoms with Gasteiger partial charge in [-0.3, -0.25) is 0 Å². The fourth-order valence-corrected chi connectivity index (χ4v) is 5.80. The summed E-state index contributed by atoms with van der Waals surface area (Å²) in [6, 6.07) is 44.0. The van der Waals surface area contributed by atoms with E-state index in [4.69, 9.17) is 19.4 Å². The minimum atomic E-state index is 0.578. The molecular weight excluding hydrogens is 526 g/mol. The zero-order valence-electron chi connectivity index (χ0n) is 23.9. The molecule has 0 aliphatic rings. The standard InChI is InChI=1S/C39H27N3O/c1-24-12-16-28(17-13-24)37-40-38(29-18-14-25(2)15-19-29)42-39(41-37)33-23-22-30(26-8-4-3-5-9-26)34-32-21-20-27-10-6-7-11-31(27)35(32)43-36(33)34/h3-23H,1-2H3. The van der Waals surface area contributed by atoms with Crippen LogP contribution >= 0.6 is 0 Å². The van der Waals surface area contributed by atoms with Gasteiger partial charge in [-0.2, -0.15) is 0 Å². The Hall–Kier alpha value is -5.61. The summed E-state index contributed by atoms with van der Waals surface area (Å²) in [5, 5.41) is 4.34. The molecule has 204 valence electrons. The lowest BCUT2D eigenvalue weighted by Crippen LogP contribution is -2.00. The summed E-state index contributed by atoms with van der Waals surface area (Å²) in [7, 11) is 0. The Balaban J connectivity index is 1.44. The van der Waals surface area contributed by atoms with Crippen molar-refractivity contribution in [1.82, 2.24) is 15.0 Å². The number of aromatic nitrogens is 3. The van der Waals surface area contributed by atoms with Gasteiger partial charge in [0.15, 0.2) is 17.5 Å². The third kappa shape index (κ3) is 4.36. The molecule has 8 aromatic rings. The van der Waals surface area contributed by atoms with Gasteiger partial charge in [-0.05, 0) is 42.5 Å². The monoisotopic (exact) mass is 553 g/mol. The minimum Gasteiger partial charge on any atom is -0.455 e. The van der Waals surface area contributed by atoms with Gasteiger partial charge in [0.05, 0.1) is 5.56 Å². The molecule has 4 nitrogen and oxygen atoms in total. The maximum atomic E-state index is 6.84. The van der Waals surface area contributed by atoms with Crippen molar-refractivity contribution < 1.29 is 4.42 Å². The molecule has 0 spiro atoms. The van der Waals surface area contributed by atoms with Gasteiger partial charge < -0.3 is 4.42 Å². The number of hydrogen-bond donors (Lipinski definition) is 0. The maximum Gasteiger partial charge on any atom is 0.167 e. The van der Waals surface area contributed by atoms with Gasteiger partial charge in [-0.1, -0.05) is 126 Å². The van der Waals surface area contributed by atoms with E-state index in [1.54, 1.807) is 0 Å². The first-order valence-corrected chi connectivity index (χ1v) is 14.5. The Morgan fingerprint density at radius 2 is 1.00 bits per heavy atom. The van der Waals surface area contributed by atoms with Crippen LogP contribution in [0.15, 0.2) is 132 Å². The van der Waals surface area contributed by atoms with Crippen LogP contribution < -0.4 is 0 Å². The van der Waals surface area contributed by atoms with Crippen LogP contribution in [0.5, 0.6) is 0 Å². The molecule has 0 radical (unpaired) electrons. The molecule has 0 aliphatic carbocycles. The average Bonchev–Trinajstić information content (AvgIpc) is 3.46. The van der Waals surface area contributed by atoms with Crippen LogP contribution in [0.3, 0.4) is 0 Å². The average molecular weight is 554 g/mol. The highest BCUT2D eigenvalue weighted by Crippen LogP contribution is 2.43. The summed E-state index contributed by atoms with van der Waals surface area (Å²) in [5.41, 5.74) is 8.96. The molecule has 0 aliphatic heterocycles. The maximum absolute atomic E-state index is 6.84. The minimum absolute atomic E-state index is 0.578. The lowest BCUT2D eigenvalue weighted by molar-refractivity contribution is 0.673. The van der Waals surface area contributed by atoms with Gasteiger partial charge in [-0.15, -0.1) is 0 Å². The van der Waals surface area contributed by atoms with E-state index in [9.17, 15) is 0 Å². The van der Waals surface area contributed by atoms with Gasteiger partial charge in [0.2, 0.25) is 0 Å². The Morgan fingerprint density at radius 1 is 0.419 bits per heavy atom. The lowest BCUT2D eigenvalue weighted by atomic mass is 9.96. The molecule has 0 unspecified atom stereocenters. The molecule has 4 heteroatoms. The van der Waals surface area contributed by atoms with Crippen molar-refractivity contribution in [1.29, 1.82) is 0 Å². The van der Waals surface area contributed by atoms with E-state index >= 15 is 0 Å². The highest BCUT2D eigenvalue weighted by molar-refractivity contribution is 6.21. The molecule has 0 bridgehead atoms. The van der Waals surface area contributed by atoms with Gasteiger partial charge >= 0.3 is 0 Å². The van der Waals surface area contributed by atoms with Crippen molar-refractivity contribution in [2.24, 2.45) is 0 Å². The zero-order chi connectivity index (χ0) is 28.9. The second-order valence-corrected chi connectivity index (χ2v) is 11.0. The summed E-state index contributed by atoms with van der Waals surface area (Å²) in [6.45, 7) is 4.16. The smallest absolute Gasteiger partial charge is 0.167 e. The van der Waals surface area contributed by atoms with Crippen LogP contribution in [-0.4, -0.2) is 15.0 Å². The fraction of sp³-hybridized carbons (Fsp3) is 0.0513. The Bertz CT molecular complexity index is 2220. The van der Waals surface area contributed by atoms with E-state index in [1.165, 1.54) is 11.1 Å². The third-order valence-corrected chi connectivity index (χ3v) is 8.09. The predicted molar refractivity (Wildman–Crippen MR) is 176 cm³/mol. The molecule has 2 heterocycles. The fourth-order valence-electron chi connectivity index (χ4n) is 5.80. The number of benzene rings is 6. The van der Waals surface area contributed by atoms with Crippen molar-refractivity contribution in [3.8, 4) is 45.3 Å². The summed E-state index contributed by atoms with van der Waals surface area (Å²) in [5.74, 6) is 1.83. The summed E-state index contributed by atoms with van der Waals surface area (Å²) in [6.07, 6.45) is 0. The zero-order valence-corrected chi connectivity index (χ0v) is 23.9. The molecule has 6 aromatic carbocycles. The van der Waals surface area contributed by atoms with E-state index in [1.807, 2.05) is 6.07 Å². The van der Waals surface area contributed by atoms with E-state index in [-0.39, 0.29) is 0 Å². The van der Waals surface area contributed by atoms with Crippen LogP contribution in [0.4, 0.5) is 0 Å². The highest BCUT2D eigenvalue weighted by Gasteiger charge is 2.21. The van der Waals surface area contributed by atoms with E-state index < -0.39 is 0 Å². The van der Waals surface area contributed by atoms with Crippen LogP contribution in [0.25, 0.3) is 78.0 Å². The first-order chi connectivity index (χ1) is 21.1. The first kappa shape index (κ1) is 25.1. The van der Waals surface area contributed by atoms with E-state index in [2.05, 4.69) is 135 Å². The largest absolute Gasteiger partial charge is 0.455 e. The quantitative estimate of drug-likeness (QED) is 0.218. The molecule has 0 atom stereocenters. The number of hydrogen-bond acceptors (Lipinski definition) is 4. The SMILES string of the molecule is Cc1ccc(-c2nc(-c3ccc(C)cc3)nc(-c3ccc(-c4ccccc4)c4c3oc3c5ccccc5ccc34)n2)cc1. The molecule has 8 rings (SSSR count). The molecule has 2 aromatic heterocycles. The predicted octanol–water partition coefficient (Wildman–Crippen LogP) is 10.2. The topological polar surface area (TPSA) is 51.8 Å². The molecular formula is C39H27N3O.